The molecule has 0 bridgehead atoms. The summed E-state index contributed by atoms with van der Waals surface area (Å²) >= 11 is 0. The molecule has 2 aromatic rings. The van der Waals surface area contributed by atoms with Crippen molar-refractivity contribution < 1.29 is 14.3 Å². The minimum Gasteiger partial charge on any atom is -0.497 e. The monoisotopic (exact) mass is 417 g/mol. The van der Waals surface area contributed by atoms with Crippen LogP contribution in [0.1, 0.15) is 43.9 Å². The highest BCUT2D eigenvalue weighted by molar-refractivity contribution is 6.09. The molecule has 160 valence electrons. The summed E-state index contributed by atoms with van der Waals surface area (Å²) in [6.07, 6.45) is 1.28. The number of amides is 1. The van der Waals surface area contributed by atoms with E-state index < -0.39 is 5.92 Å². The van der Waals surface area contributed by atoms with Crippen molar-refractivity contribution in [3.63, 3.8) is 0 Å². The smallest absolute Gasteiger partial charge is 0.255 e. The van der Waals surface area contributed by atoms with Gasteiger partial charge in [-0.1, -0.05) is 25.1 Å². The highest BCUT2D eigenvalue weighted by Gasteiger charge is 2.39. The number of hydrogen-bond acceptors (Lipinski definition) is 5. The standard InChI is InChI=1S/C25H27N3O3/c1-14-12-19-24(20(29)13-14)23(17-8-10-18(31-4)11-9-17)22(16(3)27-19)25(30)28-21-7-5-6-15(2)26-21/h5-11,14,23,27H,12-13H2,1-4H3,(H,26,28,30). The van der Waals surface area contributed by atoms with E-state index in [-0.39, 0.29) is 17.6 Å². The molecule has 1 aromatic heterocycles. The Labute approximate surface area is 182 Å². The lowest BCUT2D eigenvalue weighted by molar-refractivity contribution is -0.117. The number of hydrogen-bond donors (Lipinski definition) is 2. The van der Waals surface area contributed by atoms with E-state index in [2.05, 4.69) is 22.5 Å². The molecule has 2 atom stereocenters. The van der Waals surface area contributed by atoms with Gasteiger partial charge in [0.25, 0.3) is 5.91 Å². The Hall–Kier alpha value is -3.41. The zero-order valence-corrected chi connectivity index (χ0v) is 18.3. The van der Waals surface area contributed by atoms with Crippen molar-refractivity contribution in [3.05, 3.63) is 76.3 Å². The lowest BCUT2D eigenvalue weighted by Crippen LogP contribution is -2.37. The Morgan fingerprint density at radius 3 is 2.55 bits per heavy atom. The molecule has 0 spiro atoms. The Balaban J connectivity index is 1.78. The maximum atomic E-state index is 13.4. The lowest BCUT2D eigenvalue weighted by atomic mass is 9.73. The lowest BCUT2D eigenvalue weighted by Gasteiger charge is -2.36. The minimum absolute atomic E-state index is 0.0912. The Kier molecular flexibility index (Phi) is 5.63. The molecule has 2 N–H and O–H groups in total. The number of benzene rings is 1. The van der Waals surface area contributed by atoms with E-state index in [1.54, 1.807) is 13.2 Å². The summed E-state index contributed by atoms with van der Waals surface area (Å²) < 4.78 is 5.29. The average molecular weight is 418 g/mol. The van der Waals surface area contributed by atoms with E-state index in [0.717, 1.165) is 34.8 Å². The number of rotatable bonds is 4. The van der Waals surface area contributed by atoms with Crippen LogP contribution in [-0.4, -0.2) is 23.8 Å². The minimum atomic E-state index is -0.438. The van der Waals surface area contributed by atoms with Crippen LogP contribution >= 0.6 is 0 Å². The summed E-state index contributed by atoms with van der Waals surface area (Å²) in [7, 11) is 1.62. The average Bonchev–Trinajstić information content (AvgIpc) is 2.72. The summed E-state index contributed by atoms with van der Waals surface area (Å²) in [6, 6.07) is 13.1. The van der Waals surface area contributed by atoms with Crippen LogP contribution in [0.4, 0.5) is 5.82 Å². The topological polar surface area (TPSA) is 80.3 Å². The van der Waals surface area contributed by atoms with Gasteiger partial charge in [0.2, 0.25) is 0 Å². The fourth-order valence-electron chi connectivity index (χ4n) is 4.46. The van der Waals surface area contributed by atoms with Crippen LogP contribution in [0.25, 0.3) is 0 Å². The van der Waals surface area contributed by atoms with Gasteiger partial charge in [-0.15, -0.1) is 0 Å². The maximum absolute atomic E-state index is 13.4. The van der Waals surface area contributed by atoms with Gasteiger partial charge >= 0.3 is 0 Å². The van der Waals surface area contributed by atoms with Gasteiger partial charge in [-0.25, -0.2) is 4.98 Å². The van der Waals surface area contributed by atoms with Gasteiger partial charge in [-0.3, -0.25) is 9.59 Å². The second-order valence-electron chi connectivity index (χ2n) is 8.32. The first-order valence-corrected chi connectivity index (χ1v) is 10.5. The summed E-state index contributed by atoms with van der Waals surface area (Å²) in [5.74, 6) is 0.880. The third-order valence-corrected chi connectivity index (χ3v) is 5.86. The van der Waals surface area contributed by atoms with E-state index in [0.29, 0.717) is 23.4 Å². The van der Waals surface area contributed by atoms with Crippen LogP contribution in [0.15, 0.2) is 65.0 Å². The second-order valence-corrected chi connectivity index (χ2v) is 8.32. The number of pyridine rings is 1. The van der Waals surface area contributed by atoms with E-state index in [4.69, 9.17) is 4.74 Å². The summed E-state index contributed by atoms with van der Waals surface area (Å²) in [5, 5.41) is 6.28. The molecule has 0 fully saturated rings. The number of dihydropyridines is 1. The summed E-state index contributed by atoms with van der Waals surface area (Å²) in [4.78, 5) is 31.0. The van der Waals surface area contributed by atoms with Crippen LogP contribution in [0, 0.1) is 12.8 Å². The predicted molar refractivity (Wildman–Crippen MR) is 120 cm³/mol. The third kappa shape index (κ3) is 4.10. The summed E-state index contributed by atoms with van der Waals surface area (Å²) in [6.45, 7) is 5.85. The van der Waals surface area contributed by atoms with Gasteiger partial charge in [0, 0.05) is 40.6 Å². The van der Waals surface area contributed by atoms with Crippen LogP contribution in [0.3, 0.4) is 0 Å². The molecule has 6 nitrogen and oxygen atoms in total. The van der Waals surface area contributed by atoms with Crippen molar-refractivity contribution in [1.29, 1.82) is 0 Å². The van der Waals surface area contributed by atoms with Crippen LogP contribution in [-0.2, 0) is 9.59 Å². The van der Waals surface area contributed by atoms with Crippen molar-refractivity contribution in [3.8, 4) is 5.75 Å². The first-order chi connectivity index (χ1) is 14.9. The fourth-order valence-corrected chi connectivity index (χ4v) is 4.46. The number of carbonyl (C=O) groups excluding carboxylic acids is 2. The molecule has 6 heteroatoms. The van der Waals surface area contributed by atoms with Gasteiger partial charge in [0.15, 0.2) is 5.78 Å². The molecule has 1 aliphatic heterocycles. The van der Waals surface area contributed by atoms with Crippen molar-refractivity contribution in [1.82, 2.24) is 10.3 Å². The number of anilines is 1. The van der Waals surface area contributed by atoms with Gasteiger partial charge < -0.3 is 15.4 Å². The number of ether oxygens (including phenoxy) is 1. The number of allylic oxidation sites excluding steroid dienone is 3. The number of nitrogens with zero attached hydrogens (tertiary/aromatic N) is 1. The molecule has 2 heterocycles. The number of aromatic nitrogens is 1. The van der Waals surface area contributed by atoms with E-state index >= 15 is 0 Å². The molecule has 0 saturated carbocycles. The zero-order valence-electron chi connectivity index (χ0n) is 18.3. The first-order valence-electron chi connectivity index (χ1n) is 10.5. The van der Waals surface area contributed by atoms with Crippen molar-refractivity contribution in [2.24, 2.45) is 5.92 Å². The molecule has 1 aliphatic carbocycles. The van der Waals surface area contributed by atoms with E-state index in [9.17, 15) is 9.59 Å². The molecule has 4 rings (SSSR count). The number of methoxy groups -OCH3 is 1. The van der Waals surface area contributed by atoms with Crippen LogP contribution in [0.2, 0.25) is 0 Å². The second kappa shape index (κ2) is 8.38. The number of nitrogens with one attached hydrogen (secondary N) is 2. The van der Waals surface area contributed by atoms with Gasteiger partial charge in [-0.2, -0.15) is 0 Å². The first kappa shape index (κ1) is 20.8. The molecule has 31 heavy (non-hydrogen) atoms. The quantitative estimate of drug-likeness (QED) is 0.777. The van der Waals surface area contributed by atoms with Crippen molar-refractivity contribution >= 4 is 17.5 Å². The van der Waals surface area contributed by atoms with Crippen molar-refractivity contribution in [2.75, 3.05) is 12.4 Å². The van der Waals surface area contributed by atoms with Crippen LogP contribution in [0.5, 0.6) is 5.75 Å². The number of carbonyl (C=O) groups is 2. The molecule has 0 saturated heterocycles. The Bertz CT molecular complexity index is 1100. The fraction of sp³-hybridized carbons (Fsp3) is 0.320. The number of ketones is 1. The highest BCUT2D eigenvalue weighted by atomic mass is 16.5. The Morgan fingerprint density at radius 1 is 1.13 bits per heavy atom. The Morgan fingerprint density at radius 2 is 1.87 bits per heavy atom. The van der Waals surface area contributed by atoms with Gasteiger partial charge in [0.05, 0.1) is 7.11 Å². The maximum Gasteiger partial charge on any atom is 0.255 e. The van der Waals surface area contributed by atoms with Gasteiger partial charge in [0.1, 0.15) is 11.6 Å². The molecule has 1 amide bonds. The third-order valence-electron chi connectivity index (χ3n) is 5.86. The predicted octanol–water partition coefficient (Wildman–Crippen LogP) is 4.25. The van der Waals surface area contributed by atoms with E-state index in [1.807, 2.05) is 50.2 Å². The number of Topliss-reactive ketones (excluding diaryl/α,β-unsaturated/α-hetero) is 1. The zero-order chi connectivity index (χ0) is 22.1. The molecule has 2 unspecified atom stereocenters. The van der Waals surface area contributed by atoms with Crippen molar-refractivity contribution in [2.45, 2.75) is 39.5 Å². The SMILES string of the molecule is COc1ccc(C2C(C(=O)Nc3cccc(C)n3)=C(C)NC3=C2C(=O)CC(C)C3)cc1. The molecule has 0 radical (unpaired) electrons. The highest BCUT2D eigenvalue weighted by Crippen LogP contribution is 2.43. The molecular weight excluding hydrogens is 390 g/mol. The summed E-state index contributed by atoms with van der Waals surface area (Å²) in [5.41, 5.74) is 4.61. The molecule has 2 aliphatic rings. The van der Waals surface area contributed by atoms with Crippen LogP contribution < -0.4 is 15.4 Å². The molecular formula is C25H27N3O3. The largest absolute Gasteiger partial charge is 0.497 e. The normalized spacial score (nSPS) is 20.8. The number of aryl methyl sites for hydroxylation is 1. The van der Waals surface area contributed by atoms with Gasteiger partial charge in [-0.05, 0) is 56.0 Å². The molecule has 1 aromatic carbocycles. The van der Waals surface area contributed by atoms with E-state index in [1.165, 1.54) is 0 Å².